The minimum atomic E-state index is 0.604. The zero-order chi connectivity index (χ0) is 31.2. The molecule has 0 bridgehead atoms. The highest BCUT2D eigenvalue weighted by Crippen LogP contribution is 2.42. The van der Waals surface area contributed by atoms with Gasteiger partial charge < -0.3 is 4.42 Å². The molecule has 0 radical (unpaired) electrons. The minimum Gasteiger partial charge on any atom is -0.456 e. The largest absolute Gasteiger partial charge is 0.456 e. The summed E-state index contributed by atoms with van der Waals surface area (Å²) in [5.74, 6) is 1.86. The second-order valence-corrected chi connectivity index (χ2v) is 11.6. The van der Waals surface area contributed by atoms with Gasteiger partial charge in [0.2, 0.25) is 0 Å². The average molecular weight is 602 g/mol. The lowest BCUT2D eigenvalue weighted by molar-refractivity contribution is 0.669. The summed E-state index contributed by atoms with van der Waals surface area (Å²) >= 11 is 0. The fourth-order valence-electron chi connectivity index (χ4n) is 6.53. The van der Waals surface area contributed by atoms with Gasteiger partial charge in [0.05, 0.1) is 0 Å². The van der Waals surface area contributed by atoms with Crippen molar-refractivity contribution in [2.24, 2.45) is 0 Å². The van der Waals surface area contributed by atoms with Crippen LogP contribution in [0.4, 0.5) is 0 Å². The molecule has 4 heteroatoms. The Hall–Kier alpha value is -6.39. The second-order valence-electron chi connectivity index (χ2n) is 11.6. The van der Waals surface area contributed by atoms with Gasteiger partial charge in [0.1, 0.15) is 11.2 Å². The lowest BCUT2D eigenvalue weighted by Gasteiger charge is -2.11. The van der Waals surface area contributed by atoms with Crippen LogP contribution in [0.25, 0.3) is 89.1 Å². The molecule has 7 aromatic carbocycles. The molecule has 0 aliphatic rings. The normalized spacial score (nSPS) is 11.4. The molecule has 47 heavy (non-hydrogen) atoms. The van der Waals surface area contributed by atoms with Gasteiger partial charge in [-0.25, -0.2) is 15.0 Å². The molecule has 220 valence electrons. The van der Waals surface area contributed by atoms with E-state index in [9.17, 15) is 0 Å². The number of benzene rings is 7. The molecule has 9 aromatic rings. The van der Waals surface area contributed by atoms with Crippen molar-refractivity contribution in [3.05, 3.63) is 164 Å². The molecule has 2 aromatic heterocycles. The van der Waals surface area contributed by atoms with Crippen molar-refractivity contribution in [3.8, 4) is 56.4 Å². The maximum absolute atomic E-state index is 6.48. The molecular formula is C43H27N3O. The molecule has 0 unspecified atom stereocenters. The Balaban J connectivity index is 1.23. The van der Waals surface area contributed by atoms with Crippen LogP contribution in [0.5, 0.6) is 0 Å². The Morgan fingerprint density at radius 2 is 0.787 bits per heavy atom. The topological polar surface area (TPSA) is 51.8 Å². The number of fused-ring (bicyclic) bond motifs is 4. The molecule has 0 spiro atoms. The van der Waals surface area contributed by atoms with Crippen LogP contribution >= 0.6 is 0 Å². The fourth-order valence-corrected chi connectivity index (χ4v) is 6.53. The molecule has 0 aliphatic heterocycles. The number of aromatic nitrogens is 3. The molecule has 0 amide bonds. The number of furan rings is 1. The van der Waals surface area contributed by atoms with E-state index in [1.54, 1.807) is 0 Å². The molecule has 9 rings (SSSR count). The van der Waals surface area contributed by atoms with E-state index in [0.29, 0.717) is 17.5 Å². The van der Waals surface area contributed by atoms with E-state index in [2.05, 4.69) is 84.9 Å². The first-order valence-corrected chi connectivity index (χ1v) is 15.7. The number of nitrogens with zero attached hydrogens (tertiary/aromatic N) is 3. The van der Waals surface area contributed by atoms with Crippen LogP contribution in [0.3, 0.4) is 0 Å². The van der Waals surface area contributed by atoms with E-state index in [0.717, 1.165) is 49.8 Å². The Kier molecular flexibility index (Phi) is 6.43. The average Bonchev–Trinajstić information content (AvgIpc) is 3.55. The highest BCUT2D eigenvalue weighted by molar-refractivity contribution is 6.17. The zero-order valence-electron chi connectivity index (χ0n) is 25.3. The summed E-state index contributed by atoms with van der Waals surface area (Å²) in [6, 6.07) is 56.3. The highest BCUT2D eigenvalue weighted by atomic mass is 16.3. The summed E-state index contributed by atoms with van der Waals surface area (Å²) in [5.41, 5.74) is 9.00. The van der Waals surface area contributed by atoms with E-state index in [1.165, 1.54) is 21.9 Å². The predicted molar refractivity (Wildman–Crippen MR) is 192 cm³/mol. The Bertz CT molecular complexity index is 2490. The number of hydrogen-bond acceptors (Lipinski definition) is 4. The van der Waals surface area contributed by atoms with Crippen LogP contribution in [0, 0.1) is 0 Å². The summed E-state index contributed by atoms with van der Waals surface area (Å²) in [7, 11) is 0. The smallest absolute Gasteiger partial charge is 0.164 e. The quantitative estimate of drug-likeness (QED) is 0.197. The fraction of sp³-hybridized carbons (Fsp3) is 0. The third-order valence-electron chi connectivity index (χ3n) is 8.76. The van der Waals surface area contributed by atoms with E-state index >= 15 is 0 Å². The van der Waals surface area contributed by atoms with E-state index in [4.69, 9.17) is 19.4 Å². The molecular weight excluding hydrogens is 574 g/mol. The molecule has 0 aliphatic carbocycles. The number of hydrogen-bond donors (Lipinski definition) is 0. The summed E-state index contributed by atoms with van der Waals surface area (Å²) in [6.45, 7) is 0. The second kappa shape index (κ2) is 11.2. The van der Waals surface area contributed by atoms with Crippen molar-refractivity contribution in [1.29, 1.82) is 0 Å². The first-order valence-electron chi connectivity index (χ1n) is 15.7. The van der Waals surface area contributed by atoms with Gasteiger partial charge in [0.15, 0.2) is 17.5 Å². The zero-order valence-corrected chi connectivity index (χ0v) is 25.3. The number of rotatable bonds is 5. The minimum absolute atomic E-state index is 0.604. The summed E-state index contributed by atoms with van der Waals surface area (Å²) < 4.78 is 6.48. The first-order chi connectivity index (χ1) is 23.3. The third kappa shape index (κ3) is 4.75. The van der Waals surface area contributed by atoms with Crippen LogP contribution in [-0.2, 0) is 0 Å². The monoisotopic (exact) mass is 601 g/mol. The third-order valence-corrected chi connectivity index (χ3v) is 8.76. The SMILES string of the molecule is c1ccc(-c2nc(-c3ccccc3)nc(-c3cccc4oc5cccc(-c6ccc(-c7cccc8ccccc78)cc6)c5c34)n2)cc1. The molecule has 0 atom stereocenters. The van der Waals surface area contributed by atoms with E-state index in [-0.39, 0.29) is 0 Å². The molecule has 0 N–H and O–H groups in total. The van der Waals surface area contributed by atoms with Gasteiger partial charge in [-0.05, 0) is 45.2 Å². The van der Waals surface area contributed by atoms with Gasteiger partial charge >= 0.3 is 0 Å². The Labute approximate surface area is 271 Å². The molecule has 2 heterocycles. The highest BCUT2D eigenvalue weighted by Gasteiger charge is 2.20. The van der Waals surface area contributed by atoms with Crippen molar-refractivity contribution < 1.29 is 4.42 Å². The van der Waals surface area contributed by atoms with Crippen LogP contribution in [0.1, 0.15) is 0 Å². The van der Waals surface area contributed by atoms with Crippen LogP contribution in [-0.4, -0.2) is 15.0 Å². The molecule has 0 saturated carbocycles. The maximum atomic E-state index is 6.48. The van der Waals surface area contributed by atoms with Gasteiger partial charge in [-0.15, -0.1) is 0 Å². The van der Waals surface area contributed by atoms with Gasteiger partial charge in [0.25, 0.3) is 0 Å². The van der Waals surface area contributed by atoms with Crippen molar-refractivity contribution in [1.82, 2.24) is 15.0 Å². The summed E-state index contributed by atoms with van der Waals surface area (Å²) in [4.78, 5) is 15.0. The van der Waals surface area contributed by atoms with Crippen molar-refractivity contribution in [2.45, 2.75) is 0 Å². The predicted octanol–water partition coefficient (Wildman–Crippen LogP) is 11.3. The van der Waals surface area contributed by atoms with Crippen LogP contribution in [0.15, 0.2) is 168 Å². The molecule has 0 saturated heterocycles. The Morgan fingerprint density at radius 3 is 1.45 bits per heavy atom. The molecule has 0 fully saturated rings. The lowest BCUT2D eigenvalue weighted by Crippen LogP contribution is -2.00. The Morgan fingerprint density at radius 1 is 0.319 bits per heavy atom. The van der Waals surface area contributed by atoms with Gasteiger partial charge in [-0.3, -0.25) is 0 Å². The van der Waals surface area contributed by atoms with Gasteiger partial charge in [0, 0.05) is 27.5 Å². The van der Waals surface area contributed by atoms with Crippen molar-refractivity contribution >= 4 is 32.7 Å². The van der Waals surface area contributed by atoms with Crippen LogP contribution in [0.2, 0.25) is 0 Å². The van der Waals surface area contributed by atoms with Gasteiger partial charge in [-0.1, -0.05) is 152 Å². The summed E-state index contributed by atoms with van der Waals surface area (Å²) in [6.07, 6.45) is 0. The van der Waals surface area contributed by atoms with Crippen molar-refractivity contribution in [3.63, 3.8) is 0 Å². The molecule has 4 nitrogen and oxygen atoms in total. The summed E-state index contributed by atoms with van der Waals surface area (Å²) in [5, 5.41) is 4.51. The van der Waals surface area contributed by atoms with E-state index in [1.807, 2.05) is 78.9 Å². The van der Waals surface area contributed by atoms with Crippen LogP contribution < -0.4 is 0 Å². The first kappa shape index (κ1) is 27.0. The van der Waals surface area contributed by atoms with Crippen molar-refractivity contribution in [2.75, 3.05) is 0 Å². The lowest BCUT2D eigenvalue weighted by atomic mass is 9.94. The maximum Gasteiger partial charge on any atom is 0.164 e. The standard InChI is InChI=1S/C43H27N3O/c1-3-13-31(14-4-1)41-44-42(32-15-5-2-6-16-32)46-43(45-41)36-21-11-23-38-40(36)39-35(20-10-22-37(39)47-38)30-26-24-29(25-27-30)34-19-9-17-28-12-7-8-18-33(28)34/h1-27H. The van der Waals surface area contributed by atoms with E-state index < -0.39 is 0 Å². The van der Waals surface area contributed by atoms with Gasteiger partial charge in [-0.2, -0.15) is 0 Å².